The molecule has 2 heterocycles. The molecule has 2 rings (SSSR count). The van der Waals surface area contributed by atoms with Crippen molar-refractivity contribution in [2.45, 2.75) is 0 Å². The van der Waals surface area contributed by atoms with Crippen LogP contribution < -0.4 is 5.32 Å². The molecular formula is C9H6BrN3OS. The fourth-order valence-corrected chi connectivity index (χ4v) is 2.44. The van der Waals surface area contributed by atoms with Gasteiger partial charge in [0.15, 0.2) is 5.82 Å². The largest absolute Gasteiger partial charge is 0.305 e. The molecule has 2 aromatic heterocycles. The summed E-state index contributed by atoms with van der Waals surface area (Å²) in [7, 11) is 0. The Morgan fingerprint density at radius 3 is 2.93 bits per heavy atom. The lowest BCUT2D eigenvalue weighted by atomic mass is 10.4. The summed E-state index contributed by atoms with van der Waals surface area (Å²) < 4.78 is 0.786. The monoisotopic (exact) mass is 283 g/mol. The van der Waals surface area contributed by atoms with Gasteiger partial charge in [0, 0.05) is 16.9 Å². The van der Waals surface area contributed by atoms with Crippen LogP contribution in [-0.4, -0.2) is 15.9 Å². The van der Waals surface area contributed by atoms with Gasteiger partial charge in [-0.15, -0.1) is 11.3 Å². The molecule has 0 aliphatic rings. The minimum absolute atomic E-state index is 0.183. The zero-order chi connectivity index (χ0) is 10.7. The summed E-state index contributed by atoms with van der Waals surface area (Å²) in [6.07, 6.45) is 4.58. The Balaban J connectivity index is 2.15. The predicted octanol–water partition coefficient (Wildman–Crippen LogP) is 2.55. The molecule has 6 heteroatoms. The van der Waals surface area contributed by atoms with Gasteiger partial charge >= 0.3 is 0 Å². The first-order chi connectivity index (χ1) is 7.27. The summed E-state index contributed by atoms with van der Waals surface area (Å²) in [5.41, 5.74) is 0. The lowest BCUT2D eigenvalue weighted by Crippen LogP contribution is -2.11. The van der Waals surface area contributed by atoms with Gasteiger partial charge in [-0.2, -0.15) is 0 Å². The van der Waals surface area contributed by atoms with E-state index in [2.05, 4.69) is 31.2 Å². The van der Waals surface area contributed by atoms with Gasteiger partial charge in [0.2, 0.25) is 0 Å². The second-order valence-electron chi connectivity index (χ2n) is 2.64. The number of thiophene rings is 1. The summed E-state index contributed by atoms with van der Waals surface area (Å²) >= 11 is 4.66. The number of rotatable bonds is 2. The van der Waals surface area contributed by atoms with E-state index >= 15 is 0 Å². The summed E-state index contributed by atoms with van der Waals surface area (Å²) in [5, 5.41) is 4.50. The molecule has 0 radical (unpaired) electrons. The first-order valence-corrected chi connectivity index (χ1v) is 5.75. The summed E-state index contributed by atoms with van der Waals surface area (Å²) in [6, 6.07) is 1.83. The van der Waals surface area contributed by atoms with E-state index in [1.807, 2.05) is 11.4 Å². The number of carbonyl (C=O) groups is 1. The van der Waals surface area contributed by atoms with Gasteiger partial charge in [-0.1, -0.05) is 0 Å². The maximum Gasteiger partial charge on any atom is 0.268 e. The van der Waals surface area contributed by atoms with Crippen LogP contribution in [0.15, 0.2) is 34.5 Å². The first-order valence-electron chi connectivity index (χ1n) is 4.08. The van der Waals surface area contributed by atoms with E-state index in [0.29, 0.717) is 10.7 Å². The van der Waals surface area contributed by atoms with Crippen LogP contribution in [0.2, 0.25) is 0 Å². The second-order valence-corrected chi connectivity index (χ2v) is 4.41. The molecule has 4 nitrogen and oxygen atoms in total. The number of halogens is 1. The third kappa shape index (κ3) is 2.40. The van der Waals surface area contributed by atoms with Gasteiger partial charge in [0.05, 0.1) is 6.20 Å². The van der Waals surface area contributed by atoms with Crippen LogP contribution in [0.3, 0.4) is 0 Å². The fourth-order valence-electron chi connectivity index (χ4n) is 0.992. The maximum absolute atomic E-state index is 11.7. The molecule has 0 aliphatic heterocycles. The quantitative estimate of drug-likeness (QED) is 0.922. The van der Waals surface area contributed by atoms with E-state index in [-0.39, 0.29) is 5.91 Å². The number of hydrogen-bond donors (Lipinski definition) is 1. The first kappa shape index (κ1) is 10.3. The van der Waals surface area contributed by atoms with Crippen LogP contribution in [0.4, 0.5) is 5.82 Å². The van der Waals surface area contributed by atoms with Crippen LogP contribution >= 0.6 is 27.3 Å². The molecular weight excluding hydrogens is 278 g/mol. The number of anilines is 1. The number of nitrogens with zero attached hydrogens (tertiary/aromatic N) is 2. The highest BCUT2D eigenvalue weighted by Crippen LogP contribution is 2.23. The van der Waals surface area contributed by atoms with E-state index < -0.39 is 0 Å². The Bertz CT molecular complexity index is 471. The van der Waals surface area contributed by atoms with Crippen LogP contribution in [0.5, 0.6) is 0 Å². The van der Waals surface area contributed by atoms with Crippen molar-refractivity contribution >= 4 is 39.0 Å². The number of nitrogens with one attached hydrogen (secondary N) is 1. The lowest BCUT2D eigenvalue weighted by Gasteiger charge is -2.01. The molecule has 1 amide bonds. The molecule has 0 aliphatic carbocycles. The summed E-state index contributed by atoms with van der Waals surface area (Å²) in [4.78, 5) is 20.1. The van der Waals surface area contributed by atoms with E-state index in [1.54, 1.807) is 6.20 Å². The summed E-state index contributed by atoms with van der Waals surface area (Å²) in [6.45, 7) is 0. The van der Waals surface area contributed by atoms with Gasteiger partial charge in [-0.3, -0.25) is 9.78 Å². The van der Waals surface area contributed by atoms with Gasteiger partial charge in [-0.05, 0) is 27.4 Å². The van der Waals surface area contributed by atoms with Gasteiger partial charge in [0.25, 0.3) is 5.91 Å². The molecule has 0 fully saturated rings. The number of amides is 1. The molecule has 0 aromatic carbocycles. The van der Waals surface area contributed by atoms with Crippen molar-refractivity contribution in [3.05, 3.63) is 39.4 Å². The minimum atomic E-state index is -0.183. The van der Waals surface area contributed by atoms with Crippen molar-refractivity contribution in [2.24, 2.45) is 0 Å². The molecule has 15 heavy (non-hydrogen) atoms. The molecule has 1 N–H and O–H groups in total. The van der Waals surface area contributed by atoms with Crippen LogP contribution in [-0.2, 0) is 0 Å². The smallest absolute Gasteiger partial charge is 0.268 e. The maximum atomic E-state index is 11.7. The average molecular weight is 284 g/mol. The Hall–Kier alpha value is -1.27. The van der Waals surface area contributed by atoms with Crippen molar-refractivity contribution in [2.75, 3.05) is 5.32 Å². The van der Waals surface area contributed by atoms with Gasteiger partial charge < -0.3 is 5.32 Å². The summed E-state index contributed by atoms with van der Waals surface area (Å²) in [5.74, 6) is 0.264. The number of aromatic nitrogens is 2. The zero-order valence-corrected chi connectivity index (χ0v) is 9.88. The molecule has 2 aromatic rings. The van der Waals surface area contributed by atoms with Crippen molar-refractivity contribution in [3.63, 3.8) is 0 Å². The van der Waals surface area contributed by atoms with Gasteiger partial charge in [-0.25, -0.2) is 4.98 Å². The molecule has 76 valence electrons. The van der Waals surface area contributed by atoms with Crippen LogP contribution in [0.1, 0.15) is 9.67 Å². The number of hydrogen-bond acceptors (Lipinski definition) is 4. The predicted molar refractivity (Wildman–Crippen MR) is 62.0 cm³/mol. The van der Waals surface area contributed by atoms with E-state index in [9.17, 15) is 4.79 Å². The Morgan fingerprint density at radius 2 is 2.33 bits per heavy atom. The van der Waals surface area contributed by atoms with Crippen molar-refractivity contribution in [1.82, 2.24) is 9.97 Å². The van der Waals surface area contributed by atoms with Crippen molar-refractivity contribution in [1.29, 1.82) is 0 Å². The Kier molecular flexibility index (Phi) is 3.08. The Morgan fingerprint density at radius 1 is 1.47 bits per heavy atom. The molecule has 0 bridgehead atoms. The molecule has 0 saturated carbocycles. The van der Waals surface area contributed by atoms with Crippen LogP contribution in [0, 0.1) is 0 Å². The third-order valence-corrected chi connectivity index (χ3v) is 3.46. The van der Waals surface area contributed by atoms with Crippen molar-refractivity contribution < 1.29 is 4.79 Å². The highest BCUT2D eigenvalue weighted by molar-refractivity contribution is 9.10. The SMILES string of the molecule is O=C(Nc1cnccn1)c1sccc1Br. The standard InChI is InChI=1S/C9H6BrN3OS/c10-6-1-4-15-8(6)9(14)13-7-5-11-2-3-12-7/h1-5H,(H,12,13,14). The van der Waals surface area contributed by atoms with Crippen LogP contribution in [0.25, 0.3) is 0 Å². The second kappa shape index (κ2) is 4.50. The zero-order valence-electron chi connectivity index (χ0n) is 7.48. The average Bonchev–Trinajstić information content (AvgIpc) is 2.66. The highest BCUT2D eigenvalue weighted by atomic mass is 79.9. The van der Waals surface area contributed by atoms with E-state index in [1.165, 1.54) is 23.7 Å². The topological polar surface area (TPSA) is 54.9 Å². The Labute approximate surface area is 98.5 Å². The molecule has 0 unspecified atom stereocenters. The molecule has 0 atom stereocenters. The third-order valence-electron chi connectivity index (χ3n) is 1.63. The highest BCUT2D eigenvalue weighted by Gasteiger charge is 2.11. The molecule has 0 spiro atoms. The van der Waals surface area contributed by atoms with E-state index in [4.69, 9.17) is 0 Å². The lowest BCUT2D eigenvalue weighted by molar-refractivity contribution is 0.102. The van der Waals surface area contributed by atoms with E-state index in [0.717, 1.165) is 4.47 Å². The minimum Gasteiger partial charge on any atom is -0.305 e. The van der Waals surface area contributed by atoms with Crippen molar-refractivity contribution in [3.8, 4) is 0 Å². The normalized spacial score (nSPS) is 9.93. The number of carbonyl (C=O) groups excluding carboxylic acids is 1. The molecule has 0 saturated heterocycles. The fraction of sp³-hybridized carbons (Fsp3) is 0. The van der Waals surface area contributed by atoms with Gasteiger partial charge in [0.1, 0.15) is 4.88 Å².